The van der Waals surface area contributed by atoms with Gasteiger partial charge in [-0.15, -0.1) is 0 Å². The van der Waals surface area contributed by atoms with E-state index in [0.717, 1.165) is 11.8 Å². The van der Waals surface area contributed by atoms with Crippen LogP contribution in [-0.2, 0) is 9.59 Å². The summed E-state index contributed by atoms with van der Waals surface area (Å²) in [5.41, 5.74) is 0.855. The first-order chi connectivity index (χ1) is 14.1. The molecule has 2 amide bonds. The third-order valence-corrected chi connectivity index (χ3v) is 5.69. The number of methoxy groups -OCH3 is 1. The third kappa shape index (κ3) is 3.63. The molecule has 4 rings (SSSR count). The van der Waals surface area contributed by atoms with Crippen molar-refractivity contribution in [2.45, 2.75) is 18.0 Å². The monoisotopic (exact) mass is 409 g/mol. The van der Waals surface area contributed by atoms with Gasteiger partial charge in [0, 0.05) is 13.0 Å². The number of ether oxygens (including phenoxy) is 1. The van der Waals surface area contributed by atoms with E-state index in [4.69, 9.17) is 4.74 Å². The minimum Gasteiger partial charge on any atom is -0.495 e. The number of thioether (sulfide) groups is 1. The predicted molar refractivity (Wildman–Crippen MR) is 111 cm³/mol. The van der Waals surface area contributed by atoms with E-state index in [2.05, 4.69) is 4.98 Å². The molecule has 0 bridgehead atoms. The summed E-state index contributed by atoms with van der Waals surface area (Å²) in [6.07, 6.45) is 1.09. The molecule has 1 fully saturated rings. The first-order valence-corrected chi connectivity index (χ1v) is 10.2. The lowest BCUT2D eigenvalue weighted by Crippen LogP contribution is -2.33. The van der Waals surface area contributed by atoms with Crippen LogP contribution in [0.3, 0.4) is 0 Å². The number of benzene rings is 2. The molecule has 0 spiro atoms. The van der Waals surface area contributed by atoms with Gasteiger partial charge in [0.25, 0.3) is 5.56 Å². The predicted octanol–water partition coefficient (Wildman–Crippen LogP) is 2.64. The van der Waals surface area contributed by atoms with Crippen molar-refractivity contribution in [2.75, 3.05) is 19.4 Å². The summed E-state index contributed by atoms with van der Waals surface area (Å²) in [5, 5.41) is 0.849. The molecule has 1 aliphatic rings. The normalized spacial score (nSPS) is 13.8. The van der Waals surface area contributed by atoms with Gasteiger partial charge in [0.1, 0.15) is 5.75 Å². The molecule has 8 heteroatoms. The number of carbonyl (C=O) groups is 2. The van der Waals surface area contributed by atoms with Crippen molar-refractivity contribution in [3.8, 4) is 11.4 Å². The molecule has 0 unspecified atom stereocenters. The fourth-order valence-corrected chi connectivity index (χ4v) is 4.23. The lowest BCUT2D eigenvalue weighted by molar-refractivity contribution is -0.140. The van der Waals surface area contributed by atoms with E-state index < -0.39 is 0 Å². The number of hydrogen-bond donors (Lipinski definition) is 0. The fourth-order valence-electron chi connectivity index (χ4n) is 3.35. The summed E-state index contributed by atoms with van der Waals surface area (Å²) < 4.78 is 6.89. The van der Waals surface area contributed by atoms with Gasteiger partial charge in [0.2, 0.25) is 11.8 Å². The number of aromatic nitrogens is 2. The molecule has 2 heterocycles. The molecule has 29 heavy (non-hydrogen) atoms. The van der Waals surface area contributed by atoms with Crippen LogP contribution in [0.4, 0.5) is 0 Å². The Hall–Kier alpha value is -3.13. The van der Waals surface area contributed by atoms with Crippen LogP contribution in [0.1, 0.15) is 12.8 Å². The summed E-state index contributed by atoms with van der Waals surface area (Å²) in [4.78, 5) is 43.5. The van der Waals surface area contributed by atoms with Crippen LogP contribution in [0.15, 0.2) is 58.5 Å². The van der Waals surface area contributed by atoms with Gasteiger partial charge in [-0.1, -0.05) is 36.0 Å². The summed E-state index contributed by atoms with van der Waals surface area (Å²) in [7, 11) is 1.54. The quantitative estimate of drug-likeness (QED) is 0.476. The fraction of sp³-hybridized carbons (Fsp3) is 0.238. The van der Waals surface area contributed by atoms with Crippen LogP contribution in [0, 0.1) is 0 Å². The maximum Gasteiger partial charge on any atom is 0.266 e. The van der Waals surface area contributed by atoms with Gasteiger partial charge in [-0.2, -0.15) is 0 Å². The van der Waals surface area contributed by atoms with Crippen molar-refractivity contribution in [1.82, 2.24) is 14.5 Å². The van der Waals surface area contributed by atoms with Crippen molar-refractivity contribution < 1.29 is 14.3 Å². The number of rotatable bonds is 5. The zero-order valence-corrected chi connectivity index (χ0v) is 16.6. The van der Waals surface area contributed by atoms with Crippen LogP contribution in [0.25, 0.3) is 16.6 Å². The molecule has 0 aliphatic carbocycles. The highest BCUT2D eigenvalue weighted by Gasteiger charge is 2.27. The number of likely N-dealkylation sites (tertiary alicyclic amines) is 1. The maximum absolute atomic E-state index is 13.3. The van der Waals surface area contributed by atoms with E-state index in [0.29, 0.717) is 46.9 Å². The Morgan fingerprint density at radius 3 is 2.66 bits per heavy atom. The highest BCUT2D eigenvalue weighted by atomic mass is 32.2. The number of carbonyl (C=O) groups excluding carboxylic acids is 2. The lowest BCUT2D eigenvalue weighted by Gasteiger charge is -2.17. The average molecular weight is 409 g/mol. The van der Waals surface area contributed by atoms with E-state index in [1.54, 1.807) is 30.3 Å². The summed E-state index contributed by atoms with van der Waals surface area (Å²) in [6.45, 7) is 0.447. The second-order valence-electron chi connectivity index (χ2n) is 6.56. The Labute approximate surface area is 171 Å². The molecule has 1 aromatic heterocycles. The molecule has 148 valence electrons. The summed E-state index contributed by atoms with van der Waals surface area (Å²) in [6, 6.07) is 14.2. The van der Waals surface area contributed by atoms with Crippen LogP contribution in [-0.4, -0.2) is 45.7 Å². The second-order valence-corrected chi connectivity index (χ2v) is 7.50. The summed E-state index contributed by atoms with van der Waals surface area (Å²) >= 11 is 1.14. The van der Waals surface area contributed by atoms with E-state index in [1.807, 2.05) is 18.2 Å². The number of amides is 2. The van der Waals surface area contributed by atoms with E-state index >= 15 is 0 Å². The highest BCUT2D eigenvalue weighted by molar-refractivity contribution is 7.99. The molecule has 0 N–H and O–H groups in total. The molecule has 1 saturated heterocycles. The standard InChI is InChI=1S/C21H19N3O4S/c1-28-17-10-5-4-9-16(17)24-20(27)14-7-2-3-8-15(14)22-21(24)29-13-19(26)23-12-6-11-18(23)25/h2-5,7-10H,6,11-13H2,1H3. The number of imide groups is 1. The van der Waals surface area contributed by atoms with Gasteiger partial charge in [0.05, 0.1) is 29.5 Å². The van der Waals surface area contributed by atoms with Crippen LogP contribution in [0.5, 0.6) is 5.75 Å². The smallest absolute Gasteiger partial charge is 0.266 e. The molecule has 0 radical (unpaired) electrons. The van der Waals surface area contributed by atoms with Gasteiger partial charge < -0.3 is 4.74 Å². The van der Waals surface area contributed by atoms with Gasteiger partial charge in [-0.3, -0.25) is 23.9 Å². The van der Waals surface area contributed by atoms with Crippen LogP contribution >= 0.6 is 11.8 Å². The molecule has 0 saturated carbocycles. The lowest BCUT2D eigenvalue weighted by atomic mass is 10.2. The van der Waals surface area contributed by atoms with Gasteiger partial charge >= 0.3 is 0 Å². The first kappa shape index (κ1) is 19.2. The molecule has 3 aromatic rings. The van der Waals surface area contributed by atoms with Crippen LogP contribution < -0.4 is 10.3 Å². The van der Waals surface area contributed by atoms with Crippen molar-refractivity contribution in [3.05, 3.63) is 58.9 Å². The number of para-hydroxylation sites is 3. The first-order valence-electron chi connectivity index (χ1n) is 9.21. The Bertz CT molecular complexity index is 1160. The Balaban J connectivity index is 1.78. The number of fused-ring (bicyclic) bond motifs is 1. The van der Waals surface area contributed by atoms with Gasteiger partial charge in [-0.05, 0) is 30.7 Å². The van der Waals surface area contributed by atoms with E-state index in [9.17, 15) is 14.4 Å². The zero-order valence-electron chi connectivity index (χ0n) is 15.8. The Kier molecular flexibility index (Phi) is 5.35. The van der Waals surface area contributed by atoms with E-state index in [1.165, 1.54) is 16.6 Å². The highest BCUT2D eigenvalue weighted by Crippen LogP contribution is 2.27. The molecule has 7 nitrogen and oxygen atoms in total. The maximum atomic E-state index is 13.3. The number of nitrogens with zero attached hydrogens (tertiary/aromatic N) is 3. The SMILES string of the molecule is COc1ccccc1-n1c(SCC(=O)N2CCCC2=O)nc2ccccc2c1=O. The third-order valence-electron chi connectivity index (χ3n) is 4.77. The Morgan fingerprint density at radius 2 is 1.90 bits per heavy atom. The molecular weight excluding hydrogens is 390 g/mol. The topological polar surface area (TPSA) is 81.5 Å². The largest absolute Gasteiger partial charge is 0.495 e. The minimum atomic E-state index is -0.272. The molecule has 1 aliphatic heterocycles. The summed E-state index contributed by atoms with van der Waals surface area (Å²) in [5.74, 6) is 0.122. The minimum absolute atomic E-state index is 0.0195. The average Bonchev–Trinajstić information content (AvgIpc) is 3.18. The Morgan fingerprint density at radius 1 is 1.14 bits per heavy atom. The van der Waals surface area contributed by atoms with Crippen molar-refractivity contribution in [2.24, 2.45) is 0 Å². The molecular formula is C21H19N3O4S. The molecule has 2 aromatic carbocycles. The van der Waals surface area contributed by atoms with Crippen molar-refractivity contribution in [1.29, 1.82) is 0 Å². The van der Waals surface area contributed by atoms with Gasteiger partial charge in [-0.25, -0.2) is 4.98 Å². The van der Waals surface area contributed by atoms with Crippen molar-refractivity contribution >= 4 is 34.5 Å². The number of hydrogen-bond acceptors (Lipinski definition) is 6. The van der Waals surface area contributed by atoms with Crippen LogP contribution in [0.2, 0.25) is 0 Å². The zero-order chi connectivity index (χ0) is 20.4. The second kappa shape index (κ2) is 8.08. The molecule has 0 atom stereocenters. The van der Waals surface area contributed by atoms with Gasteiger partial charge in [0.15, 0.2) is 5.16 Å². The van der Waals surface area contributed by atoms with E-state index in [-0.39, 0.29) is 23.1 Å². The van der Waals surface area contributed by atoms with Crippen molar-refractivity contribution in [3.63, 3.8) is 0 Å².